The summed E-state index contributed by atoms with van der Waals surface area (Å²) in [5.74, 6) is -2.20. The fourth-order valence-electron chi connectivity index (χ4n) is 3.79. The van der Waals surface area contributed by atoms with Crippen LogP contribution in [0.25, 0.3) is 10.2 Å². The molecule has 0 saturated heterocycles. The molecule has 164 valence electrons. The zero-order chi connectivity index (χ0) is 23.3. The molecule has 0 radical (unpaired) electrons. The number of nitrogens with zero attached hydrogens (tertiary/aromatic N) is 3. The van der Waals surface area contributed by atoms with Crippen LogP contribution in [0.15, 0.2) is 76.6 Å². The predicted molar refractivity (Wildman–Crippen MR) is 120 cm³/mol. The third kappa shape index (κ3) is 3.37. The quantitative estimate of drug-likeness (QED) is 0.255. The Bertz CT molecular complexity index is 1450. The number of benzene rings is 2. The lowest BCUT2D eigenvalue weighted by molar-refractivity contribution is -0.384. The minimum absolute atomic E-state index is 0.0435. The summed E-state index contributed by atoms with van der Waals surface area (Å²) in [5, 5.41) is 22.1. The van der Waals surface area contributed by atoms with Gasteiger partial charge in [-0.25, -0.2) is 4.98 Å². The lowest BCUT2D eigenvalue weighted by Gasteiger charge is -2.24. The van der Waals surface area contributed by atoms with Crippen LogP contribution in [-0.2, 0) is 4.79 Å². The van der Waals surface area contributed by atoms with Crippen LogP contribution in [0, 0.1) is 17.0 Å². The highest BCUT2D eigenvalue weighted by molar-refractivity contribution is 7.22. The summed E-state index contributed by atoms with van der Waals surface area (Å²) in [7, 11) is 0. The topological polar surface area (TPSA) is 127 Å². The minimum Gasteiger partial charge on any atom is -0.503 e. The molecule has 0 aliphatic carbocycles. The molecule has 9 nitrogen and oxygen atoms in total. The van der Waals surface area contributed by atoms with E-state index in [1.807, 2.05) is 25.1 Å². The van der Waals surface area contributed by atoms with E-state index >= 15 is 0 Å². The second-order valence-corrected chi connectivity index (χ2v) is 8.47. The third-order valence-electron chi connectivity index (χ3n) is 5.36. The molecule has 0 unspecified atom stereocenters. The Morgan fingerprint density at radius 2 is 1.97 bits per heavy atom. The lowest BCUT2D eigenvalue weighted by atomic mass is 9.95. The number of carbonyl (C=O) groups excluding carboxylic acids is 2. The van der Waals surface area contributed by atoms with E-state index in [1.165, 1.54) is 58.9 Å². The Labute approximate surface area is 190 Å². The van der Waals surface area contributed by atoms with Gasteiger partial charge in [-0.3, -0.25) is 24.6 Å². The van der Waals surface area contributed by atoms with Gasteiger partial charge in [-0.1, -0.05) is 17.4 Å². The summed E-state index contributed by atoms with van der Waals surface area (Å²) in [6, 6.07) is 13.0. The summed E-state index contributed by atoms with van der Waals surface area (Å²) in [5.41, 5.74) is 1.77. The van der Waals surface area contributed by atoms with E-state index in [0.717, 1.165) is 10.3 Å². The van der Waals surface area contributed by atoms with Crippen LogP contribution in [0.1, 0.15) is 27.7 Å². The van der Waals surface area contributed by atoms with Crippen molar-refractivity contribution < 1.29 is 24.0 Å². The molecule has 1 aliphatic rings. The second-order valence-electron chi connectivity index (χ2n) is 7.46. The minimum atomic E-state index is -1.04. The first-order valence-corrected chi connectivity index (χ1v) is 10.6. The number of amides is 1. The van der Waals surface area contributed by atoms with Crippen molar-refractivity contribution in [1.82, 2.24) is 4.98 Å². The van der Waals surface area contributed by atoms with E-state index in [-0.39, 0.29) is 22.2 Å². The van der Waals surface area contributed by atoms with Crippen molar-refractivity contribution in [1.29, 1.82) is 0 Å². The number of aliphatic hydroxyl groups is 1. The van der Waals surface area contributed by atoms with Gasteiger partial charge in [0.05, 0.1) is 33.0 Å². The Morgan fingerprint density at radius 1 is 1.21 bits per heavy atom. The molecule has 1 atom stereocenters. The fourth-order valence-corrected chi connectivity index (χ4v) is 4.88. The molecule has 0 bridgehead atoms. The molecular formula is C23H15N3O6S. The van der Waals surface area contributed by atoms with Crippen molar-refractivity contribution in [3.05, 3.63) is 99.2 Å². The van der Waals surface area contributed by atoms with Gasteiger partial charge in [0.2, 0.25) is 5.78 Å². The normalized spacial score (nSPS) is 16.1. The molecule has 2 aromatic heterocycles. The number of rotatable bonds is 5. The first-order chi connectivity index (χ1) is 15.8. The average Bonchev–Trinajstić information content (AvgIpc) is 3.52. The number of nitro benzene ring substituents is 1. The van der Waals surface area contributed by atoms with E-state index in [2.05, 4.69) is 4.98 Å². The number of hydrogen-bond donors (Lipinski definition) is 1. The van der Waals surface area contributed by atoms with Crippen LogP contribution in [-0.4, -0.2) is 26.7 Å². The van der Waals surface area contributed by atoms with E-state index in [4.69, 9.17) is 4.42 Å². The summed E-state index contributed by atoms with van der Waals surface area (Å²) in [6.07, 6.45) is 1.32. The highest BCUT2D eigenvalue weighted by atomic mass is 32.1. The van der Waals surface area contributed by atoms with Crippen LogP contribution in [0.5, 0.6) is 0 Å². The standard InChI is InChI=1S/C23H15N3O6S/c1-12-4-9-15-17(11-12)33-23(24-15)25-19(13-5-7-14(8-6-13)26(30)31)18(21(28)22(25)29)20(27)16-3-2-10-32-16/h2-11,19,28H,1H3/t19-/m0/s1. The van der Waals surface area contributed by atoms with Crippen molar-refractivity contribution >= 4 is 44.1 Å². The maximum atomic E-state index is 13.2. The highest BCUT2D eigenvalue weighted by Gasteiger charge is 2.46. The molecule has 4 aromatic rings. The van der Waals surface area contributed by atoms with E-state index in [0.29, 0.717) is 11.1 Å². The maximum absolute atomic E-state index is 13.2. The molecule has 33 heavy (non-hydrogen) atoms. The summed E-state index contributed by atoms with van der Waals surface area (Å²) >= 11 is 1.25. The van der Waals surface area contributed by atoms with Crippen molar-refractivity contribution in [2.24, 2.45) is 0 Å². The molecule has 0 fully saturated rings. The SMILES string of the molecule is Cc1ccc2nc(N3C(=O)C(O)=C(C(=O)c4ccco4)[C@@H]3c3ccc([N+](=O)[O-])cc3)sc2c1. The summed E-state index contributed by atoms with van der Waals surface area (Å²) in [4.78, 5) is 42.7. The summed E-state index contributed by atoms with van der Waals surface area (Å²) < 4.78 is 6.04. The van der Waals surface area contributed by atoms with Crippen LogP contribution in [0.2, 0.25) is 0 Å². The van der Waals surface area contributed by atoms with E-state index < -0.39 is 28.4 Å². The molecule has 0 spiro atoms. The van der Waals surface area contributed by atoms with Gasteiger partial charge in [0.15, 0.2) is 16.7 Å². The zero-order valence-corrected chi connectivity index (χ0v) is 17.9. The number of furan rings is 1. The zero-order valence-electron chi connectivity index (χ0n) is 17.1. The first-order valence-electron chi connectivity index (χ1n) is 9.81. The molecule has 1 aliphatic heterocycles. The molecule has 5 rings (SSSR count). The molecule has 0 saturated carbocycles. The van der Waals surface area contributed by atoms with E-state index in [9.17, 15) is 24.8 Å². The number of Topliss-reactive ketones (excluding diaryl/α,β-unsaturated/α-hetero) is 1. The van der Waals surface area contributed by atoms with Crippen LogP contribution in [0.3, 0.4) is 0 Å². The molecule has 10 heteroatoms. The van der Waals surface area contributed by atoms with E-state index in [1.54, 1.807) is 0 Å². The Morgan fingerprint density at radius 3 is 2.64 bits per heavy atom. The van der Waals surface area contributed by atoms with Gasteiger partial charge in [0, 0.05) is 12.1 Å². The molecular weight excluding hydrogens is 446 g/mol. The van der Waals surface area contributed by atoms with Crippen molar-refractivity contribution in [2.75, 3.05) is 4.90 Å². The van der Waals surface area contributed by atoms with Crippen LogP contribution < -0.4 is 4.90 Å². The molecule has 1 N–H and O–H groups in total. The number of anilines is 1. The summed E-state index contributed by atoms with van der Waals surface area (Å²) in [6.45, 7) is 1.94. The van der Waals surface area contributed by atoms with Gasteiger partial charge in [-0.05, 0) is 54.4 Å². The number of aryl methyl sites for hydroxylation is 1. The average molecular weight is 461 g/mol. The van der Waals surface area contributed by atoms with Gasteiger partial charge in [-0.15, -0.1) is 0 Å². The van der Waals surface area contributed by atoms with Gasteiger partial charge in [0.25, 0.3) is 11.6 Å². The second kappa shape index (κ2) is 7.68. The van der Waals surface area contributed by atoms with Gasteiger partial charge in [0.1, 0.15) is 0 Å². The van der Waals surface area contributed by atoms with Crippen LogP contribution >= 0.6 is 11.3 Å². The van der Waals surface area contributed by atoms with Gasteiger partial charge in [-0.2, -0.15) is 0 Å². The molecule has 3 heterocycles. The Kier molecular flexibility index (Phi) is 4.79. The number of hydrogen-bond acceptors (Lipinski definition) is 8. The lowest BCUT2D eigenvalue weighted by Crippen LogP contribution is -2.30. The van der Waals surface area contributed by atoms with Crippen molar-refractivity contribution in [2.45, 2.75) is 13.0 Å². The number of aliphatic hydroxyl groups excluding tert-OH is 1. The predicted octanol–water partition coefficient (Wildman–Crippen LogP) is 4.89. The van der Waals surface area contributed by atoms with Crippen molar-refractivity contribution in [3.8, 4) is 0 Å². The number of aromatic nitrogens is 1. The number of ketones is 1. The number of carbonyl (C=O) groups is 2. The van der Waals surface area contributed by atoms with Crippen LogP contribution in [0.4, 0.5) is 10.8 Å². The maximum Gasteiger partial charge on any atom is 0.296 e. The number of nitro groups is 1. The first kappa shape index (κ1) is 20.6. The monoisotopic (exact) mass is 461 g/mol. The molecule has 2 aromatic carbocycles. The Hall–Kier alpha value is -4.31. The number of non-ortho nitro benzene ring substituents is 1. The molecule has 1 amide bonds. The smallest absolute Gasteiger partial charge is 0.296 e. The van der Waals surface area contributed by atoms with Gasteiger partial charge < -0.3 is 9.52 Å². The number of fused-ring (bicyclic) bond motifs is 1. The fraction of sp³-hybridized carbons (Fsp3) is 0.0870. The van der Waals surface area contributed by atoms with Gasteiger partial charge >= 0.3 is 0 Å². The van der Waals surface area contributed by atoms with Crippen molar-refractivity contribution in [3.63, 3.8) is 0 Å². The highest BCUT2D eigenvalue weighted by Crippen LogP contribution is 2.44. The Balaban J connectivity index is 1.67. The largest absolute Gasteiger partial charge is 0.503 e. The number of thiazole rings is 1. The third-order valence-corrected chi connectivity index (χ3v) is 6.37.